The second-order valence-electron chi connectivity index (χ2n) is 4.72. The van der Waals surface area contributed by atoms with Gasteiger partial charge in [-0.2, -0.15) is 16.3 Å². The summed E-state index contributed by atoms with van der Waals surface area (Å²) in [6.45, 7) is 2.39. The monoisotopic (exact) mass is 309 g/mol. The van der Waals surface area contributed by atoms with E-state index in [1.165, 1.54) is 0 Å². The summed E-state index contributed by atoms with van der Waals surface area (Å²) >= 11 is 1.57. The fourth-order valence-corrected chi connectivity index (χ4v) is 2.39. The van der Waals surface area contributed by atoms with Crippen LogP contribution in [0.5, 0.6) is 0 Å². The normalized spacial score (nSPS) is 12.3. The number of carbonyl (C=O) groups is 1. The summed E-state index contributed by atoms with van der Waals surface area (Å²) in [7, 11) is 0. The first kappa shape index (κ1) is 15.7. The molecule has 0 aliphatic heterocycles. The Labute approximate surface area is 127 Å². The maximum Gasteiger partial charge on any atom is 0.227 e. The zero-order chi connectivity index (χ0) is 15.1. The Balaban J connectivity index is 1.72. The topological polar surface area (TPSA) is 88.2 Å². The number of nitrogens with zero attached hydrogens (tertiary/aromatic N) is 2. The van der Waals surface area contributed by atoms with Gasteiger partial charge in [-0.3, -0.25) is 4.79 Å². The smallest absolute Gasteiger partial charge is 0.227 e. The number of carbonyl (C=O) groups excluding carboxylic acids is 1. The van der Waals surface area contributed by atoms with Crippen molar-refractivity contribution in [1.29, 1.82) is 0 Å². The van der Waals surface area contributed by atoms with Crippen LogP contribution in [0.3, 0.4) is 0 Å². The highest BCUT2D eigenvalue weighted by Gasteiger charge is 2.11. The van der Waals surface area contributed by atoms with Crippen molar-refractivity contribution in [2.24, 2.45) is 0 Å². The molecule has 0 aromatic carbocycles. The second-order valence-corrected chi connectivity index (χ2v) is 5.50. The molecule has 0 bridgehead atoms. The minimum absolute atomic E-state index is 0.0754. The average molecular weight is 309 g/mol. The molecule has 21 heavy (non-hydrogen) atoms. The molecule has 0 aliphatic carbocycles. The maximum atomic E-state index is 11.6. The quantitative estimate of drug-likeness (QED) is 0.778. The van der Waals surface area contributed by atoms with Gasteiger partial charge in [0.15, 0.2) is 0 Å². The van der Waals surface area contributed by atoms with Gasteiger partial charge in [-0.05, 0) is 24.3 Å². The molecule has 1 unspecified atom stereocenters. The van der Waals surface area contributed by atoms with Crippen molar-refractivity contribution in [2.45, 2.75) is 38.7 Å². The molecule has 1 atom stereocenters. The van der Waals surface area contributed by atoms with E-state index < -0.39 is 0 Å². The first-order chi connectivity index (χ1) is 10.2. The Morgan fingerprint density at radius 2 is 2.43 bits per heavy atom. The van der Waals surface area contributed by atoms with Gasteiger partial charge < -0.3 is 14.9 Å². The molecule has 0 fully saturated rings. The highest BCUT2D eigenvalue weighted by atomic mass is 32.1. The Hall–Kier alpha value is -1.73. The van der Waals surface area contributed by atoms with Gasteiger partial charge in [-0.25, -0.2) is 0 Å². The molecule has 0 aliphatic rings. The molecule has 2 heterocycles. The molecule has 2 aromatic rings. The summed E-state index contributed by atoms with van der Waals surface area (Å²) < 4.78 is 5.12. The molecular weight excluding hydrogens is 290 g/mol. The van der Waals surface area contributed by atoms with Crippen LogP contribution in [-0.4, -0.2) is 33.8 Å². The molecule has 2 N–H and O–H groups in total. The lowest BCUT2D eigenvalue weighted by molar-refractivity contribution is -0.121. The van der Waals surface area contributed by atoms with Crippen LogP contribution in [0.4, 0.5) is 0 Å². The van der Waals surface area contributed by atoms with Crippen molar-refractivity contribution in [3.63, 3.8) is 0 Å². The van der Waals surface area contributed by atoms with E-state index in [1.54, 1.807) is 11.3 Å². The Morgan fingerprint density at radius 3 is 3.14 bits per heavy atom. The van der Waals surface area contributed by atoms with Crippen molar-refractivity contribution in [3.8, 4) is 11.4 Å². The second kappa shape index (κ2) is 7.90. The Kier molecular flexibility index (Phi) is 5.89. The number of thiophene rings is 1. The average Bonchev–Trinajstić information content (AvgIpc) is 3.15. The van der Waals surface area contributed by atoms with Gasteiger partial charge in [0.25, 0.3) is 0 Å². The largest absolute Gasteiger partial charge is 0.393 e. The highest BCUT2D eigenvalue weighted by Crippen LogP contribution is 2.18. The van der Waals surface area contributed by atoms with Crippen LogP contribution in [0.25, 0.3) is 11.4 Å². The zero-order valence-electron chi connectivity index (χ0n) is 11.9. The molecule has 0 radical (unpaired) electrons. The van der Waals surface area contributed by atoms with Gasteiger partial charge in [0.1, 0.15) is 0 Å². The van der Waals surface area contributed by atoms with E-state index in [0.717, 1.165) is 5.56 Å². The number of aromatic nitrogens is 2. The van der Waals surface area contributed by atoms with Gasteiger partial charge in [-0.15, -0.1) is 0 Å². The molecule has 6 nitrogen and oxygen atoms in total. The molecule has 114 valence electrons. The third-order valence-corrected chi connectivity index (χ3v) is 3.77. The third-order valence-electron chi connectivity index (χ3n) is 3.08. The number of aryl methyl sites for hydroxylation is 1. The predicted octanol–water partition coefficient (Wildman–Crippen LogP) is 2.01. The number of hydrogen-bond donors (Lipinski definition) is 2. The van der Waals surface area contributed by atoms with Crippen LogP contribution >= 0.6 is 11.3 Å². The summed E-state index contributed by atoms with van der Waals surface area (Å²) in [6, 6.07) is 1.92. The minimum Gasteiger partial charge on any atom is -0.393 e. The summed E-state index contributed by atoms with van der Waals surface area (Å²) in [5, 5.41) is 19.9. The number of hydrogen-bond acceptors (Lipinski definition) is 6. The van der Waals surface area contributed by atoms with Gasteiger partial charge in [-0.1, -0.05) is 12.1 Å². The molecule has 7 heteroatoms. The standard InChI is InChI=1S/C14H19N3O3S/c1-2-11(18)5-7-15-12(19)3-4-13-16-14(17-20-13)10-6-8-21-9-10/h6,8-9,11,18H,2-5,7H2,1H3,(H,15,19). The number of amides is 1. The van der Waals surface area contributed by atoms with Crippen LogP contribution in [0.2, 0.25) is 0 Å². The van der Waals surface area contributed by atoms with Crippen molar-refractivity contribution < 1.29 is 14.4 Å². The molecule has 0 spiro atoms. The van der Waals surface area contributed by atoms with Crippen molar-refractivity contribution in [2.75, 3.05) is 6.54 Å². The molecule has 0 saturated carbocycles. The molecule has 1 amide bonds. The molecule has 2 rings (SSSR count). The lowest BCUT2D eigenvalue weighted by Gasteiger charge is -2.08. The number of aliphatic hydroxyl groups is 1. The molecular formula is C14H19N3O3S. The highest BCUT2D eigenvalue weighted by molar-refractivity contribution is 7.08. The van der Waals surface area contributed by atoms with Crippen LogP contribution < -0.4 is 5.32 Å². The van der Waals surface area contributed by atoms with Crippen LogP contribution in [0.1, 0.15) is 32.1 Å². The summed E-state index contributed by atoms with van der Waals surface area (Å²) in [4.78, 5) is 15.9. The Morgan fingerprint density at radius 1 is 1.57 bits per heavy atom. The van der Waals surface area contributed by atoms with Crippen molar-refractivity contribution >= 4 is 17.2 Å². The lowest BCUT2D eigenvalue weighted by Crippen LogP contribution is -2.27. The van der Waals surface area contributed by atoms with Crippen LogP contribution in [0, 0.1) is 0 Å². The number of aliphatic hydroxyl groups excluding tert-OH is 1. The number of nitrogens with one attached hydrogen (secondary N) is 1. The molecule has 2 aromatic heterocycles. The summed E-state index contributed by atoms with van der Waals surface area (Å²) in [5.41, 5.74) is 0.924. The minimum atomic E-state index is -0.352. The van der Waals surface area contributed by atoms with Gasteiger partial charge in [0.2, 0.25) is 17.6 Å². The zero-order valence-corrected chi connectivity index (χ0v) is 12.7. The van der Waals surface area contributed by atoms with Gasteiger partial charge in [0, 0.05) is 30.3 Å². The van der Waals surface area contributed by atoms with E-state index in [1.807, 2.05) is 23.8 Å². The van der Waals surface area contributed by atoms with Crippen molar-refractivity contribution in [3.05, 3.63) is 22.7 Å². The Bertz CT molecular complexity index is 554. The first-order valence-corrected chi connectivity index (χ1v) is 7.93. The van der Waals surface area contributed by atoms with E-state index >= 15 is 0 Å². The SMILES string of the molecule is CCC(O)CCNC(=O)CCc1nc(-c2ccsc2)no1. The van der Waals surface area contributed by atoms with Gasteiger partial charge in [0.05, 0.1) is 6.10 Å². The molecule has 0 saturated heterocycles. The van der Waals surface area contributed by atoms with E-state index in [-0.39, 0.29) is 12.0 Å². The summed E-state index contributed by atoms with van der Waals surface area (Å²) in [5.74, 6) is 0.936. The number of rotatable bonds is 8. The maximum absolute atomic E-state index is 11.6. The fraction of sp³-hybridized carbons (Fsp3) is 0.500. The van der Waals surface area contributed by atoms with Gasteiger partial charge >= 0.3 is 0 Å². The van der Waals surface area contributed by atoms with Crippen molar-refractivity contribution in [1.82, 2.24) is 15.5 Å². The van der Waals surface area contributed by atoms with E-state index in [2.05, 4.69) is 15.5 Å². The van der Waals surface area contributed by atoms with Crippen LogP contribution in [0.15, 0.2) is 21.3 Å². The van der Waals surface area contributed by atoms with E-state index in [9.17, 15) is 9.90 Å². The fourth-order valence-electron chi connectivity index (χ4n) is 1.76. The van der Waals surface area contributed by atoms with Crippen LogP contribution in [-0.2, 0) is 11.2 Å². The van der Waals surface area contributed by atoms with E-state index in [0.29, 0.717) is 43.9 Å². The third kappa shape index (κ3) is 4.95. The van der Waals surface area contributed by atoms with E-state index in [4.69, 9.17) is 4.52 Å². The summed E-state index contributed by atoms with van der Waals surface area (Å²) in [6.07, 6.45) is 1.63. The predicted molar refractivity (Wildman–Crippen MR) is 79.9 cm³/mol. The first-order valence-electron chi connectivity index (χ1n) is 6.99. The lowest BCUT2D eigenvalue weighted by atomic mass is 10.2.